The number of aromatic nitrogens is 1. The van der Waals surface area contributed by atoms with Gasteiger partial charge in [-0.1, -0.05) is 45.9 Å². The number of fused-ring (bicyclic) bond motifs is 8. The molecule has 170 valence electrons. The standard InChI is InChI=1S/C29H33N3O/c1-7-28(5)21-17-25-20(19-12-9-10-14-24(19)33-25)16-23(21)32-26-22(13-11-15-30-26)31(18(3)4)27(32)29(28,6)8-2/h9-18,27H,7-8H2,1-6H3. The Balaban J connectivity index is 1.75. The van der Waals surface area contributed by atoms with Crippen molar-refractivity contribution in [2.45, 2.75) is 72.0 Å². The molecule has 4 heterocycles. The van der Waals surface area contributed by atoms with Gasteiger partial charge in [0.25, 0.3) is 0 Å². The predicted octanol–water partition coefficient (Wildman–Crippen LogP) is 7.77. The Morgan fingerprint density at radius 1 is 0.939 bits per heavy atom. The van der Waals surface area contributed by atoms with E-state index in [-0.39, 0.29) is 17.0 Å². The number of hydrogen-bond acceptors (Lipinski definition) is 4. The van der Waals surface area contributed by atoms with Gasteiger partial charge in [0.15, 0.2) is 5.82 Å². The zero-order valence-corrected chi connectivity index (χ0v) is 20.5. The summed E-state index contributed by atoms with van der Waals surface area (Å²) in [5.74, 6) is 1.07. The van der Waals surface area contributed by atoms with E-state index in [4.69, 9.17) is 9.40 Å². The van der Waals surface area contributed by atoms with Crippen LogP contribution in [0.5, 0.6) is 0 Å². The number of furan rings is 1. The van der Waals surface area contributed by atoms with Gasteiger partial charge in [0.1, 0.15) is 17.3 Å². The number of anilines is 3. The molecule has 2 aliphatic heterocycles. The third kappa shape index (κ3) is 2.39. The molecule has 4 aromatic rings. The van der Waals surface area contributed by atoms with E-state index < -0.39 is 0 Å². The molecule has 4 heteroatoms. The highest BCUT2D eigenvalue weighted by Gasteiger charge is 2.60. The second-order valence-corrected chi connectivity index (χ2v) is 10.5. The van der Waals surface area contributed by atoms with E-state index in [1.54, 1.807) is 0 Å². The summed E-state index contributed by atoms with van der Waals surface area (Å²) in [5.41, 5.74) is 5.82. The van der Waals surface area contributed by atoms with E-state index in [0.29, 0.717) is 6.04 Å². The molecule has 4 nitrogen and oxygen atoms in total. The van der Waals surface area contributed by atoms with Crippen molar-refractivity contribution in [1.82, 2.24) is 4.98 Å². The number of para-hydroxylation sites is 1. The van der Waals surface area contributed by atoms with Crippen molar-refractivity contribution >= 4 is 39.1 Å². The molecule has 0 aliphatic carbocycles. The molecular formula is C29H33N3O. The zero-order chi connectivity index (χ0) is 23.1. The fourth-order valence-electron chi connectivity index (χ4n) is 6.71. The number of hydrogen-bond donors (Lipinski definition) is 0. The molecule has 0 spiro atoms. The summed E-state index contributed by atoms with van der Waals surface area (Å²) in [5, 5.41) is 2.36. The highest BCUT2D eigenvalue weighted by Crippen LogP contribution is 2.63. The minimum Gasteiger partial charge on any atom is -0.456 e. The molecule has 0 N–H and O–H groups in total. The Kier molecular flexibility index (Phi) is 4.21. The van der Waals surface area contributed by atoms with Crippen LogP contribution in [0.4, 0.5) is 17.2 Å². The SMILES string of the molecule is CCC1(C)c2cc3oc4ccccc4c3cc2N2c3ncccc3N(C(C)C)C2C1(C)CC. The molecule has 0 bridgehead atoms. The first kappa shape index (κ1) is 20.6. The molecule has 0 amide bonds. The summed E-state index contributed by atoms with van der Waals surface area (Å²) in [7, 11) is 0. The molecule has 0 fully saturated rings. The molecule has 0 saturated heterocycles. The summed E-state index contributed by atoms with van der Waals surface area (Å²) < 4.78 is 6.35. The molecule has 0 saturated carbocycles. The lowest BCUT2D eigenvalue weighted by molar-refractivity contribution is 0.0895. The Labute approximate surface area is 196 Å². The van der Waals surface area contributed by atoms with Crippen molar-refractivity contribution in [3.63, 3.8) is 0 Å². The van der Waals surface area contributed by atoms with Gasteiger partial charge in [-0.15, -0.1) is 0 Å². The molecule has 3 unspecified atom stereocenters. The summed E-state index contributed by atoms with van der Waals surface area (Å²) in [4.78, 5) is 10.1. The first-order valence-electron chi connectivity index (χ1n) is 12.3. The van der Waals surface area contributed by atoms with Crippen molar-refractivity contribution in [3.05, 3.63) is 60.3 Å². The molecule has 33 heavy (non-hydrogen) atoms. The maximum absolute atomic E-state index is 6.35. The maximum atomic E-state index is 6.35. The van der Waals surface area contributed by atoms with Gasteiger partial charge in [-0.05, 0) is 62.6 Å². The molecule has 2 aromatic carbocycles. The molecule has 0 radical (unpaired) electrons. The van der Waals surface area contributed by atoms with Crippen LogP contribution >= 0.6 is 0 Å². The maximum Gasteiger partial charge on any atom is 0.158 e. The first-order valence-corrected chi connectivity index (χ1v) is 12.3. The van der Waals surface area contributed by atoms with Gasteiger partial charge in [0.05, 0.1) is 5.69 Å². The average molecular weight is 440 g/mol. The van der Waals surface area contributed by atoms with Crippen LogP contribution in [0.15, 0.2) is 59.1 Å². The zero-order valence-electron chi connectivity index (χ0n) is 20.5. The minimum absolute atomic E-state index is 0.0133. The fourth-order valence-corrected chi connectivity index (χ4v) is 6.71. The lowest BCUT2D eigenvalue weighted by Crippen LogP contribution is -2.64. The predicted molar refractivity (Wildman–Crippen MR) is 138 cm³/mol. The van der Waals surface area contributed by atoms with Crippen molar-refractivity contribution in [1.29, 1.82) is 0 Å². The quantitative estimate of drug-likeness (QED) is 0.326. The van der Waals surface area contributed by atoms with Crippen LogP contribution < -0.4 is 9.80 Å². The molecule has 2 aromatic heterocycles. The number of rotatable bonds is 3. The minimum atomic E-state index is -0.0133. The Hall–Kier alpha value is -3.01. The highest BCUT2D eigenvalue weighted by molar-refractivity contribution is 6.07. The third-order valence-electron chi connectivity index (χ3n) is 8.96. The summed E-state index contributed by atoms with van der Waals surface area (Å²) in [6.45, 7) is 14.3. The van der Waals surface area contributed by atoms with Crippen LogP contribution in [0.1, 0.15) is 59.9 Å². The summed E-state index contributed by atoms with van der Waals surface area (Å²) >= 11 is 0. The first-order chi connectivity index (χ1) is 15.9. The van der Waals surface area contributed by atoms with Gasteiger partial charge in [-0.3, -0.25) is 0 Å². The smallest absolute Gasteiger partial charge is 0.158 e. The number of pyridine rings is 1. The van der Waals surface area contributed by atoms with E-state index in [0.717, 1.165) is 29.8 Å². The van der Waals surface area contributed by atoms with E-state index in [9.17, 15) is 0 Å². The van der Waals surface area contributed by atoms with Gasteiger partial charge < -0.3 is 14.2 Å². The van der Waals surface area contributed by atoms with E-state index >= 15 is 0 Å². The third-order valence-corrected chi connectivity index (χ3v) is 8.96. The second kappa shape index (κ2) is 6.75. The second-order valence-electron chi connectivity index (χ2n) is 10.5. The van der Waals surface area contributed by atoms with Crippen LogP contribution in [0.25, 0.3) is 21.9 Å². The lowest BCUT2D eigenvalue weighted by Gasteiger charge is -2.59. The fraction of sp³-hybridized carbons (Fsp3) is 0.414. The monoisotopic (exact) mass is 439 g/mol. The highest BCUT2D eigenvalue weighted by atomic mass is 16.3. The van der Waals surface area contributed by atoms with E-state index in [2.05, 4.69) is 93.8 Å². The van der Waals surface area contributed by atoms with Gasteiger partial charge >= 0.3 is 0 Å². The number of benzene rings is 2. The average Bonchev–Trinajstić information content (AvgIpc) is 3.37. The van der Waals surface area contributed by atoms with Crippen LogP contribution in [-0.4, -0.2) is 17.2 Å². The van der Waals surface area contributed by atoms with Crippen molar-refractivity contribution in [2.75, 3.05) is 9.80 Å². The van der Waals surface area contributed by atoms with Crippen molar-refractivity contribution < 1.29 is 4.42 Å². The van der Waals surface area contributed by atoms with Gasteiger partial charge in [-0.25, -0.2) is 4.98 Å². The molecule has 3 atom stereocenters. The van der Waals surface area contributed by atoms with Crippen LogP contribution in [0.2, 0.25) is 0 Å². The van der Waals surface area contributed by atoms with Crippen LogP contribution in [0.3, 0.4) is 0 Å². The van der Waals surface area contributed by atoms with Crippen molar-refractivity contribution in [2.24, 2.45) is 5.41 Å². The Bertz CT molecular complexity index is 1390. The largest absolute Gasteiger partial charge is 0.456 e. The number of nitrogens with zero attached hydrogens (tertiary/aromatic N) is 3. The van der Waals surface area contributed by atoms with Crippen molar-refractivity contribution in [3.8, 4) is 0 Å². The van der Waals surface area contributed by atoms with E-state index in [1.165, 1.54) is 27.7 Å². The van der Waals surface area contributed by atoms with Gasteiger partial charge in [-0.2, -0.15) is 0 Å². The molecular weight excluding hydrogens is 406 g/mol. The topological polar surface area (TPSA) is 32.5 Å². The molecule has 6 rings (SSSR count). The Morgan fingerprint density at radius 3 is 2.45 bits per heavy atom. The van der Waals surface area contributed by atoms with Crippen LogP contribution in [-0.2, 0) is 5.41 Å². The summed E-state index contributed by atoms with van der Waals surface area (Å²) in [6.07, 6.45) is 4.28. The molecule has 2 aliphatic rings. The normalized spacial score (nSPS) is 26.2. The summed E-state index contributed by atoms with van der Waals surface area (Å²) in [6, 6.07) is 17.8. The van der Waals surface area contributed by atoms with Gasteiger partial charge in [0.2, 0.25) is 0 Å². The Morgan fingerprint density at radius 2 is 1.73 bits per heavy atom. The van der Waals surface area contributed by atoms with Crippen LogP contribution in [0, 0.1) is 5.41 Å². The van der Waals surface area contributed by atoms with E-state index in [1.807, 2.05) is 12.3 Å². The van der Waals surface area contributed by atoms with Gasteiger partial charge in [0, 0.05) is 39.5 Å². The lowest BCUT2D eigenvalue weighted by atomic mass is 9.55.